The fraction of sp³-hybridized carbons (Fsp3) is 0.417. The fourth-order valence-corrected chi connectivity index (χ4v) is 2.58. The average Bonchev–Trinajstić information content (AvgIpc) is 2.71. The maximum atomic E-state index is 12.0. The molecule has 0 aromatic heterocycles. The summed E-state index contributed by atoms with van der Waals surface area (Å²) in [5.74, 6) is 0.195. The second kappa shape index (κ2) is 5.42. The summed E-state index contributed by atoms with van der Waals surface area (Å²) in [6.45, 7) is 2.98. The number of aryl methyl sites for hydroxylation is 1. The Morgan fingerprint density at radius 3 is 3.11 bits per heavy atom. The molecule has 1 aromatic rings. The zero-order valence-corrected chi connectivity index (χ0v) is 11.6. The van der Waals surface area contributed by atoms with E-state index in [0.717, 1.165) is 15.7 Å². The van der Waals surface area contributed by atoms with Crippen molar-refractivity contribution >= 4 is 27.5 Å². The zero-order chi connectivity index (χ0) is 13.1. The molecule has 1 aliphatic heterocycles. The summed E-state index contributed by atoms with van der Waals surface area (Å²) in [4.78, 5) is 16.5. The van der Waals surface area contributed by atoms with Crippen LogP contribution in [0.5, 0.6) is 0 Å². The summed E-state index contributed by atoms with van der Waals surface area (Å²) < 4.78 is 0.908. The standard InChI is InChI=1S/C12H13BrN4O/c1-8-2-3-10(13)11(4-8)17-7-9(5-12(17)18)6-15-16-14/h2-4,9H,5-7H2,1H3. The molecule has 18 heavy (non-hydrogen) atoms. The topological polar surface area (TPSA) is 69.1 Å². The van der Waals surface area contributed by atoms with Gasteiger partial charge in [-0.2, -0.15) is 0 Å². The van der Waals surface area contributed by atoms with E-state index in [0.29, 0.717) is 19.5 Å². The van der Waals surface area contributed by atoms with E-state index in [4.69, 9.17) is 5.53 Å². The molecule has 1 unspecified atom stereocenters. The van der Waals surface area contributed by atoms with Crippen LogP contribution in [0.25, 0.3) is 10.4 Å². The predicted octanol–water partition coefficient (Wildman–Crippen LogP) is 3.42. The van der Waals surface area contributed by atoms with E-state index < -0.39 is 0 Å². The molecule has 0 spiro atoms. The molecule has 1 heterocycles. The Morgan fingerprint density at radius 1 is 1.61 bits per heavy atom. The number of hydrogen-bond donors (Lipinski definition) is 0. The molecule has 1 aliphatic rings. The number of anilines is 1. The average molecular weight is 309 g/mol. The van der Waals surface area contributed by atoms with Crippen molar-refractivity contribution in [3.63, 3.8) is 0 Å². The highest BCUT2D eigenvalue weighted by Crippen LogP contribution is 2.32. The first-order valence-electron chi connectivity index (χ1n) is 5.69. The monoisotopic (exact) mass is 308 g/mol. The van der Waals surface area contributed by atoms with E-state index in [1.54, 1.807) is 4.90 Å². The largest absolute Gasteiger partial charge is 0.311 e. The van der Waals surface area contributed by atoms with Crippen LogP contribution in [-0.4, -0.2) is 19.0 Å². The quantitative estimate of drug-likeness (QED) is 0.479. The zero-order valence-electron chi connectivity index (χ0n) is 10.0. The second-order valence-corrected chi connectivity index (χ2v) is 5.30. The minimum absolute atomic E-state index is 0.0828. The van der Waals surface area contributed by atoms with Gasteiger partial charge in [-0.25, -0.2) is 0 Å². The van der Waals surface area contributed by atoms with Crippen LogP contribution in [0, 0.1) is 12.8 Å². The van der Waals surface area contributed by atoms with E-state index in [1.165, 1.54) is 0 Å². The van der Waals surface area contributed by atoms with Crippen molar-refractivity contribution in [2.75, 3.05) is 18.0 Å². The van der Waals surface area contributed by atoms with Crippen LogP contribution < -0.4 is 4.90 Å². The lowest BCUT2D eigenvalue weighted by Gasteiger charge is -2.18. The van der Waals surface area contributed by atoms with Crippen LogP contribution in [0.4, 0.5) is 5.69 Å². The van der Waals surface area contributed by atoms with Crippen molar-refractivity contribution in [2.24, 2.45) is 11.0 Å². The molecule has 1 saturated heterocycles. The first-order chi connectivity index (χ1) is 8.61. The number of rotatable bonds is 3. The second-order valence-electron chi connectivity index (χ2n) is 4.44. The van der Waals surface area contributed by atoms with E-state index in [-0.39, 0.29) is 11.8 Å². The summed E-state index contributed by atoms with van der Waals surface area (Å²) in [6.07, 6.45) is 0.444. The molecule has 94 valence electrons. The van der Waals surface area contributed by atoms with Gasteiger partial charge in [-0.1, -0.05) is 11.2 Å². The van der Waals surface area contributed by atoms with E-state index in [1.807, 2.05) is 25.1 Å². The van der Waals surface area contributed by atoms with Gasteiger partial charge in [0.15, 0.2) is 0 Å². The minimum Gasteiger partial charge on any atom is -0.311 e. The van der Waals surface area contributed by atoms with Gasteiger partial charge in [0.1, 0.15) is 0 Å². The highest BCUT2D eigenvalue weighted by Gasteiger charge is 2.31. The Kier molecular flexibility index (Phi) is 3.89. The lowest BCUT2D eigenvalue weighted by Crippen LogP contribution is -2.25. The maximum absolute atomic E-state index is 12.0. The van der Waals surface area contributed by atoms with Crippen LogP contribution in [0.15, 0.2) is 27.8 Å². The first kappa shape index (κ1) is 12.9. The third-order valence-corrected chi connectivity index (χ3v) is 3.67. The fourth-order valence-electron chi connectivity index (χ4n) is 2.12. The molecule has 1 atom stereocenters. The molecule has 0 radical (unpaired) electrons. The van der Waals surface area contributed by atoms with Gasteiger partial charge in [0.25, 0.3) is 0 Å². The Hall–Kier alpha value is -1.52. The van der Waals surface area contributed by atoms with Crippen molar-refractivity contribution in [3.8, 4) is 0 Å². The van der Waals surface area contributed by atoms with E-state index >= 15 is 0 Å². The third kappa shape index (κ3) is 2.66. The van der Waals surface area contributed by atoms with Crippen molar-refractivity contribution in [1.29, 1.82) is 0 Å². The number of carbonyl (C=O) groups is 1. The van der Waals surface area contributed by atoms with Crippen LogP contribution in [0.1, 0.15) is 12.0 Å². The number of amides is 1. The molecule has 0 N–H and O–H groups in total. The Balaban J connectivity index is 2.21. The number of halogens is 1. The number of carbonyl (C=O) groups excluding carboxylic acids is 1. The highest BCUT2D eigenvalue weighted by atomic mass is 79.9. The van der Waals surface area contributed by atoms with Gasteiger partial charge < -0.3 is 4.90 Å². The molecule has 1 amide bonds. The first-order valence-corrected chi connectivity index (χ1v) is 6.48. The Labute approximate surface area is 114 Å². The van der Waals surface area contributed by atoms with Crippen molar-refractivity contribution in [3.05, 3.63) is 38.7 Å². The van der Waals surface area contributed by atoms with Crippen molar-refractivity contribution in [2.45, 2.75) is 13.3 Å². The van der Waals surface area contributed by atoms with Gasteiger partial charge in [0, 0.05) is 28.9 Å². The minimum atomic E-state index is 0.0828. The molecule has 0 saturated carbocycles. The van der Waals surface area contributed by atoms with Crippen LogP contribution in [-0.2, 0) is 4.79 Å². The van der Waals surface area contributed by atoms with Gasteiger partial charge in [0.2, 0.25) is 5.91 Å². The molecule has 2 rings (SSSR count). The lowest BCUT2D eigenvalue weighted by molar-refractivity contribution is -0.117. The van der Waals surface area contributed by atoms with Crippen LogP contribution in [0.3, 0.4) is 0 Å². The Morgan fingerprint density at radius 2 is 2.39 bits per heavy atom. The number of benzene rings is 1. The number of hydrogen-bond acceptors (Lipinski definition) is 2. The third-order valence-electron chi connectivity index (χ3n) is 3.00. The van der Waals surface area contributed by atoms with Gasteiger partial charge in [-0.3, -0.25) is 4.79 Å². The van der Waals surface area contributed by atoms with E-state index in [2.05, 4.69) is 26.0 Å². The van der Waals surface area contributed by atoms with Crippen LogP contribution in [0.2, 0.25) is 0 Å². The summed E-state index contributed by atoms with van der Waals surface area (Å²) in [6, 6.07) is 5.92. The summed E-state index contributed by atoms with van der Waals surface area (Å²) in [5, 5.41) is 3.55. The molecule has 6 heteroatoms. The van der Waals surface area contributed by atoms with E-state index in [9.17, 15) is 4.79 Å². The normalized spacial score (nSPS) is 18.9. The highest BCUT2D eigenvalue weighted by molar-refractivity contribution is 9.10. The molecular weight excluding hydrogens is 296 g/mol. The number of nitrogens with zero attached hydrogens (tertiary/aromatic N) is 4. The van der Waals surface area contributed by atoms with Gasteiger partial charge in [-0.15, -0.1) is 0 Å². The summed E-state index contributed by atoms with van der Waals surface area (Å²) in [7, 11) is 0. The van der Waals surface area contributed by atoms with Gasteiger partial charge in [-0.05, 0) is 52.0 Å². The SMILES string of the molecule is Cc1ccc(Br)c(N2CC(CN=[N+]=[N-])CC2=O)c1. The van der Waals surface area contributed by atoms with Crippen molar-refractivity contribution in [1.82, 2.24) is 0 Å². The predicted molar refractivity (Wildman–Crippen MR) is 73.4 cm³/mol. The molecule has 1 fully saturated rings. The summed E-state index contributed by atoms with van der Waals surface area (Å²) in [5.41, 5.74) is 10.3. The molecule has 0 aliphatic carbocycles. The Bertz CT molecular complexity index is 525. The van der Waals surface area contributed by atoms with Gasteiger partial charge >= 0.3 is 0 Å². The summed E-state index contributed by atoms with van der Waals surface area (Å²) >= 11 is 3.46. The van der Waals surface area contributed by atoms with Crippen molar-refractivity contribution < 1.29 is 4.79 Å². The molecule has 5 nitrogen and oxygen atoms in total. The number of azide groups is 1. The smallest absolute Gasteiger partial charge is 0.227 e. The lowest BCUT2D eigenvalue weighted by atomic mass is 10.1. The molecule has 1 aromatic carbocycles. The maximum Gasteiger partial charge on any atom is 0.227 e. The van der Waals surface area contributed by atoms with Crippen LogP contribution >= 0.6 is 15.9 Å². The van der Waals surface area contributed by atoms with Gasteiger partial charge in [0.05, 0.1) is 5.69 Å². The molecular formula is C12H13BrN4O. The molecule has 0 bridgehead atoms.